The monoisotopic (exact) mass is 428 g/mol. The molecule has 1 fully saturated rings. The van der Waals surface area contributed by atoms with E-state index in [1.165, 1.54) is 31.4 Å². The number of hydrogen-bond donors (Lipinski definition) is 0. The quantitative estimate of drug-likeness (QED) is 0.484. The average Bonchev–Trinajstić information content (AvgIpc) is 3.44. The van der Waals surface area contributed by atoms with Crippen molar-refractivity contribution in [3.63, 3.8) is 0 Å². The fraction of sp³-hybridized carbons (Fsp3) is 0.500. The fourth-order valence-corrected chi connectivity index (χ4v) is 6.11. The number of amides is 1. The summed E-state index contributed by atoms with van der Waals surface area (Å²) < 4.78 is 3.53. The van der Waals surface area contributed by atoms with E-state index in [-0.39, 0.29) is 11.9 Å². The number of fused-ring (bicyclic) bond motifs is 1. The van der Waals surface area contributed by atoms with Gasteiger partial charge in [0.25, 0.3) is 0 Å². The van der Waals surface area contributed by atoms with Crippen molar-refractivity contribution < 1.29 is 4.79 Å². The highest BCUT2D eigenvalue weighted by atomic mass is 32.2. The predicted molar refractivity (Wildman–Crippen MR) is 121 cm³/mol. The second-order valence-corrected chi connectivity index (χ2v) is 9.87. The van der Waals surface area contributed by atoms with Gasteiger partial charge in [0.2, 0.25) is 5.91 Å². The molecule has 0 saturated heterocycles. The zero-order valence-electron chi connectivity index (χ0n) is 17.5. The Morgan fingerprint density at radius 2 is 2.00 bits per heavy atom. The molecule has 1 aliphatic carbocycles. The highest BCUT2D eigenvalue weighted by Gasteiger charge is 2.25. The van der Waals surface area contributed by atoms with Crippen LogP contribution in [0, 0.1) is 13.8 Å². The SMILES string of the molecule is Cc1nc(SCC(=O)N(C)C(C)c2nc3ccccc3s2)n(C2CCCC2)c1C. The predicted octanol–water partition coefficient (Wildman–Crippen LogP) is 5.54. The van der Waals surface area contributed by atoms with Gasteiger partial charge in [-0.25, -0.2) is 9.97 Å². The summed E-state index contributed by atoms with van der Waals surface area (Å²) >= 11 is 3.23. The molecule has 1 aromatic carbocycles. The van der Waals surface area contributed by atoms with Crippen molar-refractivity contribution in [3.05, 3.63) is 40.7 Å². The molecule has 5 nitrogen and oxygen atoms in total. The Balaban J connectivity index is 1.45. The maximum atomic E-state index is 12.9. The van der Waals surface area contributed by atoms with Crippen LogP contribution in [0.2, 0.25) is 0 Å². The van der Waals surface area contributed by atoms with E-state index in [1.54, 1.807) is 23.1 Å². The lowest BCUT2D eigenvalue weighted by Gasteiger charge is -2.23. The zero-order chi connectivity index (χ0) is 20.5. The second-order valence-electron chi connectivity index (χ2n) is 7.86. The number of carbonyl (C=O) groups is 1. The van der Waals surface area contributed by atoms with Gasteiger partial charge in [0.15, 0.2) is 5.16 Å². The highest BCUT2D eigenvalue weighted by molar-refractivity contribution is 7.99. The molecule has 154 valence electrons. The van der Waals surface area contributed by atoms with E-state index in [1.807, 2.05) is 37.1 Å². The maximum absolute atomic E-state index is 12.9. The van der Waals surface area contributed by atoms with Gasteiger partial charge >= 0.3 is 0 Å². The summed E-state index contributed by atoms with van der Waals surface area (Å²) in [5, 5.41) is 1.97. The second kappa shape index (κ2) is 8.48. The molecular weight excluding hydrogens is 400 g/mol. The van der Waals surface area contributed by atoms with Crippen molar-refractivity contribution in [3.8, 4) is 0 Å². The molecule has 2 heterocycles. The summed E-state index contributed by atoms with van der Waals surface area (Å²) in [5.74, 6) is 0.506. The number of nitrogens with zero attached hydrogens (tertiary/aromatic N) is 4. The summed E-state index contributed by atoms with van der Waals surface area (Å²) in [6.45, 7) is 6.26. The van der Waals surface area contributed by atoms with Gasteiger partial charge in [-0.2, -0.15) is 0 Å². The lowest BCUT2D eigenvalue weighted by atomic mass is 10.2. The first-order chi connectivity index (χ1) is 14.0. The molecule has 1 atom stereocenters. The van der Waals surface area contributed by atoms with Crippen molar-refractivity contribution >= 4 is 39.2 Å². The van der Waals surface area contributed by atoms with E-state index in [0.717, 1.165) is 26.1 Å². The molecule has 0 aliphatic heterocycles. The number of rotatable bonds is 6. The van der Waals surface area contributed by atoms with Crippen molar-refractivity contribution in [1.29, 1.82) is 0 Å². The van der Waals surface area contributed by atoms with E-state index < -0.39 is 0 Å². The Kier molecular flexibility index (Phi) is 5.97. The normalized spacial score (nSPS) is 15.9. The van der Waals surface area contributed by atoms with Crippen LogP contribution in [-0.2, 0) is 4.79 Å². The van der Waals surface area contributed by atoms with Crippen LogP contribution in [0.25, 0.3) is 10.2 Å². The molecule has 1 unspecified atom stereocenters. The van der Waals surface area contributed by atoms with Crippen LogP contribution >= 0.6 is 23.1 Å². The zero-order valence-corrected chi connectivity index (χ0v) is 19.1. The van der Waals surface area contributed by atoms with Crippen LogP contribution < -0.4 is 0 Å². The molecule has 0 radical (unpaired) electrons. The van der Waals surface area contributed by atoms with Crippen molar-refractivity contribution in [1.82, 2.24) is 19.4 Å². The fourth-order valence-electron chi connectivity index (χ4n) is 3.97. The lowest BCUT2D eigenvalue weighted by molar-refractivity contribution is -0.128. The number of thioether (sulfide) groups is 1. The molecule has 1 saturated carbocycles. The van der Waals surface area contributed by atoms with Gasteiger partial charge in [0.1, 0.15) is 5.01 Å². The Morgan fingerprint density at radius 3 is 2.72 bits per heavy atom. The Morgan fingerprint density at radius 1 is 1.28 bits per heavy atom. The van der Waals surface area contributed by atoms with Gasteiger partial charge in [-0.05, 0) is 45.7 Å². The summed E-state index contributed by atoms with van der Waals surface area (Å²) in [7, 11) is 1.87. The molecular formula is C22H28N4OS2. The van der Waals surface area contributed by atoms with Crippen molar-refractivity contribution in [2.45, 2.75) is 63.7 Å². The molecule has 2 aromatic heterocycles. The topological polar surface area (TPSA) is 51.0 Å². The first kappa shape index (κ1) is 20.4. The maximum Gasteiger partial charge on any atom is 0.233 e. The summed E-state index contributed by atoms with van der Waals surface area (Å²) in [6, 6.07) is 8.61. The van der Waals surface area contributed by atoms with Crippen LogP contribution in [0.1, 0.15) is 61.1 Å². The van der Waals surface area contributed by atoms with Gasteiger partial charge in [0.05, 0.1) is 27.7 Å². The van der Waals surface area contributed by atoms with Crippen LogP contribution in [0.15, 0.2) is 29.4 Å². The van der Waals surface area contributed by atoms with Crippen LogP contribution in [0.3, 0.4) is 0 Å². The number of aromatic nitrogens is 3. The number of para-hydroxylation sites is 1. The average molecular weight is 429 g/mol. The molecule has 4 rings (SSSR count). The largest absolute Gasteiger partial charge is 0.336 e. The van der Waals surface area contributed by atoms with E-state index in [0.29, 0.717) is 11.8 Å². The first-order valence-electron chi connectivity index (χ1n) is 10.2. The van der Waals surface area contributed by atoms with E-state index in [9.17, 15) is 4.79 Å². The molecule has 1 amide bonds. The third-order valence-electron chi connectivity index (χ3n) is 6.01. The highest BCUT2D eigenvalue weighted by Crippen LogP contribution is 2.35. The number of imidazole rings is 1. The van der Waals surface area contributed by atoms with E-state index in [2.05, 4.69) is 24.5 Å². The summed E-state index contributed by atoms with van der Waals surface area (Å²) in [4.78, 5) is 24.2. The molecule has 0 N–H and O–H groups in total. The Labute approximate surface area is 180 Å². The van der Waals surface area contributed by atoms with Crippen LogP contribution in [0.5, 0.6) is 0 Å². The minimum atomic E-state index is -0.0430. The standard InChI is InChI=1S/C22H28N4OS2/c1-14-15(2)26(17-9-5-6-10-17)22(23-14)28-13-20(27)25(4)16(3)21-24-18-11-7-8-12-19(18)29-21/h7-8,11-12,16-17H,5-6,9-10,13H2,1-4H3. The van der Waals surface area contributed by atoms with Crippen molar-refractivity contribution in [2.24, 2.45) is 0 Å². The smallest absolute Gasteiger partial charge is 0.233 e. The molecule has 3 aromatic rings. The molecule has 0 bridgehead atoms. The lowest BCUT2D eigenvalue weighted by Crippen LogP contribution is -2.31. The number of hydrogen-bond acceptors (Lipinski definition) is 5. The van der Waals surface area contributed by atoms with E-state index in [4.69, 9.17) is 9.97 Å². The van der Waals surface area contributed by atoms with Gasteiger partial charge < -0.3 is 9.47 Å². The molecule has 0 spiro atoms. The third-order valence-corrected chi connectivity index (χ3v) is 8.16. The van der Waals surface area contributed by atoms with Crippen LogP contribution in [-0.4, -0.2) is 38.1 Å². The minimum absolute atomic E-state index is 0.0430. The Hall–Kier alpha value is -1.86. The van der Waals surface area contributed by atoms with E-state index >= 15 is 0 Å². The number of carbonyl (C=O) groups excluding carboxylic acids is 1. The number of aryl methyl sites for hydroxylation is 1. The summed E-state index contributed by atoms with van der Waals surface area (Å²) in [6.07, 6.45) is 5.00. The van der Waals surface area contributed by atoms with Gasteiger partial charge in [-0.3, -0.25) is 4.79 Å². The molecule has 29 heavy (non-hydrogen) atoms. The number of benzene rings is 1. The first-order valence-corrected chi connectivity index (χ1v) is 12.0. The third kappa shape index (κ3) is 4.08. The van der Waals surface area contributed by atoms with Gasteiger partial charge in [-0.1, -0.05) is 36.7 Å². The van der Waals surface area contributed by atoms with Gasteiger partial charge in [0, 0.05) is 18.8 Å². The molecule has 7 heteroatoms. The van der Waals surface area contributed by atoms with Crippen molar-refractivity contribution in [2.75, 3.05) is 12.8 Å². The Bertz CT molecular complexity index is 986. The summed E-state index contributed by atoms with van der Waals surface area (Å²) in [5.41, 5.74) is 3.31. The van der Waals surface area contributed by atoms with Crippen LogP contribution in [0.4, 0.5) is 0 Å². The number of thiazole rings is 1. The minimum Gasteiger partial charge on any atom is -0.336 e. The molecule has 1 aliphatic rings. The van der Waals surface area contributed by atoms with Gasteiger partial charge in [-0.15, -0.1) is 11.3 Å².